The molecule has 1 aromatic heterocycles. The molecule has 3 nitrogen and oxygen atoms in total. The van der Waals surface area contributed by atoms with Gasteiger partial charge in [-0.3, -0.25) is 4.98 Å². The van der Waals surface area contributed by atoms with E-state index in [4.69, 9.17) is 4.74 Å². The Morgan fingerprint density at radius 1 is 1.00 bits per heavy atom. The molecule has 0 aliphatic rings. The van der Waals surface area contributed by atoms with Gasteiger partial charge in [0, 0.05) is 11.6 Å². The Kier molecular flexibility index (Phi) is 3.17. The molecule has 0 saturated carbocycles. The van der Waals surface area contributed by atoms with Crippen molar-refractivity contribution in [1.29, 1.82) is 0 Å². The standard InChI is InChI=1S/C17H13NO2/c1-20-17(19)15-9-10-18-16-11-13(7-8-14(15)16)12-5-3-2-4-6-12/h2-11H,1H3. The lowest BCUT2D eigenvalue weighted by Gasteiger charge is -2.06. The van der Waals surface area contributed by atoms with E-state index in [0.29, 0.717) is 5.56 Å². The topological polar surface area (TPSA) is 39.2 Å². The van der Waals surface area contributed by atoms with Crippen LogP contribution >= 0.6 is 0 Å². The Bertz CT molecular complexity index is 766. The van der Waals surface area contributed by atoms with Gasteiger partial charge in [0.05, 0.1) is 18.2 Å². The number of benzene rings is 2. The maximum atomic E-state index is 11.7. The summed E-state index contributed by atoms with van der Waals surface area (Å²) in [5.41, 5.74) is 3.53. The summed E-state index contributed by atoms with van der Waals surface area (Å²) in [6.45, 7) is 0. The Balaban J connectivity index is 2.16. The van der Waals surface area contributed by atoms with E-state index in [0.717, 1.165) is 22.0 Å². The van der Waals surface area contributed by atoms with Crippen molar-refractivity contribution >= 4 is 16.9 Å². The van der Waals surface area contributed by atoms with Gasteiger partial charge in [-0.1, -0.05) is 42.5 Å². The summed E-state index contributed by atoms with van der Waals surface area (Å²) in [5, 5.41) is 0.805. The van der Waals surface area contributed by atoms with Crippen LogP contribution in [0.3, 0.4) is 0 Å². The minimum Gasteiger partial charge on any atom is -0.465 e. The summed E-state index contributed by atoms with van der Waals surface area (Å²) in [5.74, 6) is -0.343. The van der Waals surface area contributed by atoms with E-state index >= 15 is 0 Å². The van der Waals surface area contributed by atoms with Gasteiger partial charge in [-0.15, -0.1) is 0 Å². The van der Waals surface area contributed by atoms with Crippen molar-refractivity contribution in [2.45, 2.75) is 0 Å². The first-order chi connectivity index (χ1) is 9.79. The van der Waals surface area contributed by atoms with E-state index in [2.05, 4.69) is 4.98 Å². The second-order valence-electron chi connectivity index (χ2n) is 4.45. The van der Waals surface area contributed by atoms with Crippen LogP contribution in [0, 0.1) is 0 Å². The van der Waals surface area contributed by atoms with Gasteiger partial charge in [0.2, 0.25) is 0 Å². The fraction of sp³-hybridized carbons (Fsp3) is 0.0588. The van der Waals surface area contributed by atoms with Gasteiger partial charge < -0.3 is 4.74 Å². The molecule has 0 bridgehead atoms. The highest BCUT2D eigenvalue weighted by molar-refractivity contribution is 6.04. The fourth-order valence-electron chi connectivity index (χ4n) is 2.25. The van der Waals surface area contributed by atoms with Crippen molar-refractivity contribution in [3.63, 3.8) is 0 Å². The Labute approximate surface area is 116 Å². The van der Waals surface area contributed by atoms with Crippen molar-refractivity contribution in [2.24, 2.45) is 0 Å². The second-order valence-corrected chi connectivity index (χ2v) is 4.45. The van der Waals surface area contributed by atoms with Gasteiger partial charge in [0.1, 0.15) is 0 Å². The third kappa shape index (κ3) is 2.14. The molecule has 3 heteroatoms. The summed E-state index contributed by atoms with van der Waals surface area (Å²) >= 11 is 0. The van der Waals surface area contributed by atoms with Gasteiger partial charge >= 0.3 is 5.97 Å². The number of hydrogen-bond acceptors (Lipinski definition) is 3. The maximum Gasteiger partial charge on any atom is 0.338 e. The molecule has 0 amide bonds. The van der Waals surface area contributed by atoms with Gasteiger partial charge in [-0.2, -0.15) is 0 Å². The molecular weight excluding hydrogens is 250 g/mol. The minimum atomic E-state index is -0.343. The molecule has 0 N–H and O–H groups in total. The number of nitrogens with zero attached hydrogens (tertiary/aromatic N) is 1. The smallest absolute Gasteiger partial charge is 0.338 e. The lowest BCUT2D eigenvalue weighted by Crippen LogP contribution is -2.02. The first-order valence-electron chi connectivity index (χ1n) is 6.32. The van der Waals surface area contributed by atoms with Crippen LogP contribution in [0.15, 0.2) is 60.8 Å². The first-order valence-corrected chi connectivity index (χ1v) is 6.32. The third-order valence-electron chi connectivity index (χ3n) is 3.26. The van der Waals surface area contributed by atoms with Crippen LogP contribution in [0.25, 0.3) is 22.0 Å². The summed E-state index contributed by atoms with van der Waals surface area (Å²) < 4.78 is 4.79. The molecule has 1 heterocycles. The van der Waals surface area contributed by atoms with Crippen LogP contribution < -0.4 is 0 Å². The quantitative estimate of drug-likeness (QED) is 0.662. The van der Waals surface area contributed by atoms with Crippen LogP contribution in [0.4, 0.5) is 0 Å². The lowest BCUT2D eigenvalue weighted by molar-refractivity contribution is 0.0603. The van der Waals surface area contributed by atoms with Gasteiger partial charge in [0.25, 0.3) is 0 Å². The molecule has 2 aromatic carbocycles. The number of aromatic nitrogens is 1. The summed E-state index contributed by atoms with van der Waals surface area (Å²) in [4.78, 5) is 16.1. The molecule has 0 spiro atoms. The van der Waals surface area contributed by atoms with Crippen LogP contribution in [0.5, 0.6) is 0 Å². The maximum absolute atomic E-state index is 11.7. The molecule has 0 saturated heterocycles. The fourth-order valence-corrected chi connectivity index (χ4v) is 2.25. The number of ether oxygens (including phenoxy) is 1. The van der Waals surface area contributed by atoms with Gasteiger partial charge in [-0.05, 0) is 23.3 Å². The molecular formula is C17H13NO2. The predicted octanol–water partition coefficient (Wildman–Crippen LogP) is 3.69. The van der Waals surface area contributed by atoms with Crippen LogP contribution in [-0.2, 0) is 4.74 Å². The Morgan fingerprint density at radius 3 is 2.55 bits per heavy atom. The lowest BCUT2D eigenvalue weighted by atomic mass is 10.0. The predicted molar refractivity (Wildman–Crippen MR) is 78.5 cm³/mol. The Hall–Kier alpha value is -2.68. The molecule has 20 heavy (non-hydrogen) atoms. The van der Waals surface area contributed by atoms with Crippen LogP contribution in [0.2, 0.25) is 0 Å². The average Bonchev–Trinajstić information content (AvgIpc) is 2.54. The third-order valence-corrected chi connectivity index (χ3v) is 3.26. The monoisotopic (exact) mass is 263 g/mol. The summed E-state index contributed by atoms with van der Waals surface area (Å²) in [6.07, 6.45) is 1.63. The highest BCUT2D eigenvalue weighted by atomic mass is 16.5. The molecule has 0 radical (unpaired) electrons. The van der Waals surface area contributed by atoms with Gasteiger partial charge in [-0.25, -0.2) is 4.79 Å². The SMILES string of the molecule is COC(=O)c1ccnc2cc(-c3ccccc3)ccc12. The molecule has 98 valence electrons. The number of carbonyl (C=O) groups is 1. The van der Waals surface area contributed by atoms with Crippen molar-refractivity contribution in [2.75, 3.05) is 7.11 Å². The number of pyridine rings is 1. The molecule has 0 unspecified atom stereocenters. The summed E-state index contributed by atoms with van der Waals surface area (Å²) in [6, 6.07) is 17.6. The van der Waals surface area contributed by atoms with Gasteiger partial charge in [0.15, 0.2) is 0 Å². The van der Waals surface area contributed by atoms with E-state index in [1.54, 1.807) is 12.3 Å². The van der Waals surface area contributed by atoms with Crippen molar-refractivity contribution in [3.05, 3.63) is 66.4 Å². The van der Waals surface area contributed by atoms with Crippen molar-refractivity contribution in [1.82, 2.24) is 4.98 Å². The summed E-state index contributed by atoms with van der Waals surface area (Å²) in [7, 11) is 1.38. The Morgan fingerprint density at radius 2 is 1.80 bits per heavy atom. The van der Waals surface area contributed by atoms with E-state index in [9.17, 15) is 4.79 Å². The van der Waals surface area contributed by atoms with E-state index in [1.165, 1.54) is 7.11 Å². The van der Waals surface area contributed by atoms with E-state index < -0.39 is 0 Å². The van der Waals surface area contributed by atoms with Crippen molar-refractivity contribution in [3.8, 4) is 11.1 Å². The zero-order valence-electron chi connectivity index (χ0n) is 11.0. The molecule has 0 aliphatic heterocycles. The number of carbonyl (C=O) groups excluding carboxylic acids is 1. The molecule has 0 aliphatic carbocycles. The molecule has 0 fully saturated rings. The van der Waals surface area contributed by atoms with E-state index in [-0.39, 0.29) is 5.97 Å². The zero-order valence-corrected chi connectivity index (χ0v) is 11.0. The molecule has 3 aromatic rings. The van der Waals surface area contributed by atoms with Crippen LogP contribution in [-0.4, -0.2) is 18.1 Å². The van der Waals surface area contributed by atoms with E-state index in [1.807, 2.05) is 48.5 Å². The van der Waals surface area contributed by atoms with Crippen molar-refractivity contribution < 1.29 is 9.53 Å². The second kappa shape index (κ2) is 5.13. The largest absolute Gasteiger partial charge is 0.465 e. The number of hydrogen-bond donors (Lipinski definition) is 0. The molecule has 3 rings (SSSR count). The van der Waals surface area contributed by atoms with Crippen LogP contribution in [0.1, 0.15) is 10.4 Å². The number of fused-ring (bicyclic) bond motifs is 1. The minimum absolute atomic E-state index is 0.343. The normalized spacial score (nSPS) is 10.4. The average molecular weight is 263 g/mol. The molecule has 0 atom stereocenters. The first kappa shape index (κ1) is 12.4. The number of methoxy groups -OCH3 is 1. The highest BCUT2D eigenvalue weighted by Crippen LogP contribution is 2.25. The number of rotatable bonds is 2. The number of esters is 1. The zero-order chi connectivity index (χ0) is 13.9. The highest BCUT2D eigenvalue weighted by Gasteiger charge is 2.11.